The van der Waals surface area contributed by atoms with E-state index < -0.39 is 0 Å². The molecule has 1 rings (SSSR count). The second kappa shape index (κ2) is 7.98. The van der Waals surface area contributed by atoms with Gasteiger partial charge in [0.2, 0.25) is 0 Å². The fourth-order valence-corrected chi connectivity index (χ4v) is 1.48. The Balaban J connectivity index is 2.13. The van der Waals surface area contributed by atoms with Crippen molar-refractivity contribution < 1.29 is 4.74 Å². The van der Waals surface area contributed by atoms with Gasteiger partial charge in [0.25, 0.3) is 0 Å². The fourth-order valence-electron chi connectivity index (χ4n) is 1.48. The van der Waals surface area contributed by atoms with Crippen molar-refractivity contribution in [2.45, 2.75) is 39.5 Å². The van der Waals surface area contributed by atoms with Crippen LogP contribution in [-0.2, 0) is 0 Å². The van der Waals surface area contributed by atoms with Gasteiger partial charge < -0.3 is 4.74 Å². The summed E-state index contributed by atoms with van der Waals surface area (Å²) in [6.07, 6.45) is 9.39. The van der Waals surface area contributed by atoms with E-state index in [9.17, 15) is 0 Å². The molecule has 0 spiro atoms. The molecule has 0 unspecified atom stereocenters. The molecule has 0 aromatic heterocycles. The van der Waals surface area contributed by atoms with Crippen LogP contribution in [0.3, 0.4) is 0 Å². The Morgan fingerprint density at radius 3 is 2.50 bits per heavy atom. The van der Waals surface area contributed by atoms with E-state index in [1.54, 1.807) is 0 Å². The van der Waals surface area contributed by atoms with Crippen LogP contribution in [0.25, 0.3) is 0 Å². The van der Waals surface area contributed by atoms with Gasteiger partial charge in [-0.2, -0.15) is 0 Å². The minimum Gasteiger partial charge on any atom is -0.490 e. The van der Waals surface area contributed by atoms with Crippen molar-refractivity contribution >= 4 is 0 Å². The van der Waals surface area contributed by atoms with Crippen LogP contribution in [0.5, 0.6) is 5.75 Å². The van der Waals surface area contributed by atoms with Gasteiger partial charge in [0.05, 0.1) is 0 Å². The summed E-state index contributed by atoms with van der Waals surface area (Å²) in [4.78, 5) is 0. The van der Waals surface area contributed by atoms with E-state index in [1.165, 1.54) is 31.2 Å². The minimum absolute atomic E-state index is 0.676. The first-order chi connectivity index (χ1) is 7.83. The normalized spacial score (nSPS) is 10.9. The summed E-state index contributed by atoms with van der Waals surface area (Å²) in [5.41, 5.74) is 1.27. The first kappa shape index (κ1) is 12.8. The number of hydrogen-bond donors (Lipinski definition) is 0. The summed E-state index contributed by atoms with van der Waals surface area (Å²) in [7, 11) is 0. The van der Waals surface area contributed by atoms with E-state index in [1.807, 2.05) is 12.1 Å². The summed E-state index contributed by atoms with van der Waals surface area (Å²) in [5.74, 6) is 0.948. The molecule has 1 aromatic carbocycles. The minimum atomic E-state index is 0.676. The smallest absolute Gasteiger partial charge is 0.119 e. The highest BCUT2D eigenvalue weighted by molar-refractivity contribution is 5.26. The van der Waals surface area contributed by atoms with Gasteiger partial charge in [0.15, 0.2) is 0 Å². The lowest BCUT2D eigenvalue weighted by molar-refractivity contribution is 0.362. The van der Waals surface area contributed by atoms with Crippen LogP contribution in [0.4, 0.5) is 0 Å². The average Bonchev–Trinajstić information content (AvgIpc) is 2.30. The highest BCUT2D eigenvalue weighted by Crippen LogP contribution is 2.11. The zero-order valence-corrected chi connectivity index (χ0v) is 10.4. The molecule has 0 saturated heterocycles. The standard InChI is InChI=1S/C15H22O/c1-3-4-5-6-7-8-13-16-15-11-9-14(2)10-12-15/h7-12H,3-6,13H2,1-2H3. The zero-order chi connectivity index (χ0) is 11.6. The molecule has 0 heterocycles. The number of allylic oxidation sites excluding steroid dienone is 1. The van der Waals surface area contributed by atoms with Crippen LogP contribution in [0.15, 0.2) is 36.4 Å². The molecular weight excluding hydrogens is 196 g/mol. The maximum absolute atomic E-state index is 5.58. The van der Waals surface area contributed by atoms with Crippen LogP contribution in [-0.4, -0.2) is 6.61 Å². The molecule has 0 aliphatic heterocycles. The summed E-state index contributed by atoms with van der Waals surface area (Å²) >= 11 is 0. The zero-order valence-electron chi connectivity index (χ0n) is 10.4. The number of rotatable bonds is 7. The average molecular weight is 218 g/mol. The molecule has 1 heteroatoms. The molecule has 16 heavy (non-hydrogen) atoms. The predicted molar refractivity (Wildman–Crippen MR) is 70.0 cm³/mol. The number of aryl methyl sites for hydroxylation is 1. The molecule has 0 aliphatic carbocycles. The van der Waals surface area contributed by atoms with Gasteiger partial charge in [-0.15, -0.1) is 0 Å². The summed E-state index contributed by atoms with van der Waals surface area (Å²) in [6, 6.07) is 8.17. The molecule has 1 nitrogen and oxygen atoms in total. The Hall–Kier alpha value is -1.24. The molecule has 0 aliphatic rings. The Bertz CT molecular complexity index is 298. The third-order valence-electron chi connectivity index (χ3n) is 2.51. The molecule has 0 radical (unpaired) electrons. The molecule has 0 fully saturated rings. The van der Waals surface area contributed by atoms with Crippen LogP contribution in [0, 0.1) is 6.92 Å². The van der Waals surface area contributed by atoms with Crippen molar-refractivity contribution in [1.29, 1.82) is 0 Å². The monoisotopic (exact) mass is 218 g/mol. The first-order valence-electron chi connectivity index (χ1n) is 6.17. The predicted octanol–water partition coefficient (Wildman–Crippen LogP) is 4.51. The van der Waals surface area contributed by atoms with Crippen molar-refractivity contribution in [2.75, 3.05) is 6.61 Å². The Morgan fingerprint density at radius 2 is 1.81 bits per heavy atom. The van der Waals surface area contributed by atoms with E-state index >= 15 is 0 Å². The first-order valence-corrected chi connectivity index (χ1v) is 6.17. The Kier molecular flexibility index (Phi) is 6.39. The van der Waals surface area contributed by atoms with Gasteiger partial charge in [-0.05, 0) is 31.9 Å². The Labute approximate surface area is 99.1 Å². The Morgan fingerprint density at radius 1 is 1.06 bits per heavy atom. The van der Waals surface area contributed by atoms with Crippen molar-refractivity contribution in [2.24, 2.45) is 0 Å². The molecule has 0 amide bonds. The van der Waals surface area contributed by atoms with Crippen LogP contribution < -0.4 is 4.74 Å². The van der Waals surface area contributed by atoms with E-state index in [2.05, 4.69) is 38.1 Å². The third kappa shape index (κ3) is 5.59. The SMILES string of the molecule is CCCCCC=CCOc1ccc(C)cc1. The van der Waals surface area contributed by atoms with Crippen molar-refractivity contribution in [3.05, 3.63) is 42.0 Å². The largest absolute Gasteiger partial charge is 0.490 e. The lowest BCUT2D eigenvalue weighted by Crippen LogP contribution is -1.92. The molecular formula is C15H22O. The van der Waals surface area contributed by atoms with E-state index in [0.29, 0.717) is 6.61 Å². The van der Waals surface area contributed by atoms with Crippen molar-refractivity contribution in [1.82, 2.24) is 0 Å². The third-order valence-corrected chi connectivity index (χ3v) is 2.51. The number of ether oxygens (including phenoxy) is 1. The summed E-state index contributed by atoms with van der Waals surface area (Å²) in [5, 5.41) is 0. The summed E-state index contributed by atoms with van der Waals surface area (Å²) in [6.45, 7) is 4.98. The second-order valence-electron chi connectivity index (χ2n) is 4.09. The number of unbranched alkanes of at least 4 members (excludes halogenated alkanes) is 3. The molecule has 0 bridgehead atoms. The van der Waals surface area contributed by atoms with E-state index in [-0.39, 0.29) is 0 Å². The van der Waals surface area contributed by atoms with Crippen LogP contribution >= 0.6 is 0 Å². The van der Waals surface area contributed by atoms with Gasteiger partial charge in [0.1, 0.15) is 12.4 Å². The number of hydrogen-bond acceptors (Lipinski definition) is 1. The fraction of sp³-hybridized carbons (Fsp3) is 0.467. The van der Waals surface area contributed by atoms with Crippen LogP contribution in [0.1, 0.15) is 38.2 Å². The molecule has 0 N–H and O–H groups in total. The lowest BCUT2D eigenvalue weighted by Gasteiger charge is -2.02. The summed E-state index contributed by atoms with van der Waals surface area (Å²) < 4.78 is 5.58. The van der Waals surface area contributed by atoms with Gasteiger partial charge in [-0.25, -0.2) is 0 Å². The van der Waals surface area contributed by atoms with Crippen molar-refractivity contribution in [3.63, 3.8) is 0 Å². The topological polar surface area (TPSA) is 9.23 Å². The number of benzene rings is 1. The van der Waals surface area contributed by atoms with E-state index in [0.717, 1.165) is 5.75 Å². The van der Waals surface area contributed by atoms with Gasteiger partial charge in [0, 0.05) is 0 Å². The maximum atomic E-state index is 5.58. The maximum Gasteiger partial charge on any atom is 0.119 e. The van der Waals surface area contributed by atoms with Gasteiger partial charge >= 0.3 is 0 Å². The van der Waals surface area contributed by atoms with Gasteiger partial charge in [-0.1, -0.05) is 49.6 Å². The van der Waals surface area contributed by atoms with Crippen LogP contribution in [0.2, 0.25) is 0 Å². The highest BCUT2D eigenvalue weighted by Gasteiger charge is 1.89. The van der Waals surface area contributed by atoms with Gasteiger partial charge in [-0.3, -0.25) is 0 Å². The second-order valence-corrected chi connectivity index (χ2v) is 4.09. The lowest BCUT2D eigenvalue weighted by atomic mass is 10.2. The highest BCUT2D eigenvalue weighted by atomic mass is 16.5. The molecule has 88 valence electrons. The molecule has 1 aromatic rings. The quantitative estimate of drug-likeness (QED) is 0.483. The van der Waals surface area contributed by atoms with Crippen molar-refractivity contribution in [3.8, 4) is 5.75 Å². The van der Waals surface area contributed by atoms with E-state index in [4.69, 9.17) is 4.74 Å². The molecule has 0 atom stereocenters. The molecule has 0 saturated carbocycles.